The normalized spacial score (nSPS) is 12.2. The minimum absolute atomic E-state index is 0.170. The molecule has 1 amide bonds. The van der Waals surface area contributed by atoms with Crippen molar-refractivity contribution in [2.75, 3.05) is 0 Å². The molecular formula is C14H14F2N2OS. The summed E-state index contributed by atoms with van der Waals surface area (Å²) in [5.74, 6) is -3.12. The molecule has 2 heterocycles. The Kier molecular flexibility index (Phi) is 4.44. The van der Waals surface area contributed by atoms with Gasteiger partial charge >= 0.3 is 0 Å². The topological polar surface area (TPSA) is 42.0 Å². The number of carbonyl (C=O) groups is 1. The fourth-order valence-corrected chi connectivity index (χ4v) is 2.86. The Morgan fingerprint density at radius 1 is 1.40 bits per heavy atom. The van der Waals surface area contributed by atoms with Gasteiger partial charge in [-0.05, 0) is 32.0 Å². The second kappa shape index (κ2) is 6.09. The second-order valence-corrected chi connectivity index (χ2v) is 5.93. The van der Waals surface area contributed by atoms with Crippen LogP contribution >= 0.6 is 11.3 Å². The Morgan fingerprint density at radius 3 is 2.80 bits per heavy atom. The van der Waals surface area contributed by atoms with Crippen LogP contribution in [-0.4, -0.2) is 16.9 Å². The zero-order valence-electron chi connectivity index (χ0n) is 11.1. The molecular weight excluding hydrogens is 282 g/mol. The number of nitrogens with one attached hydrogen (secondary N) is 1. The molecule has 0 aliphatic rings. The molecule has 0 saturated heterocycles. The first-order valence-electron chi connectivity index (χ1n) is 6.13. The van der Waals surface area contributed by atoms with Crippen LogP contribution in [0.2, 0.25) is 0 Å². The highest BCUT2D eigenvalue weighted by Crippen LogP contribution is 2.17. The maximum atomic E-state index is 13.4. The van der Waals surface area contributed by atoms with Crippen molar-refractivity contribution < 1.29 is 13.6 Å². The van der Waals surface area contributed by atoms with Gasteiger partial charge in [0.1, 0.15) is 0 Å². The third kappa shape index (κ3) is 3.39. The Balaban J connectivity index is 2.02. The summed E-state index contributed by atoms with van der Waals surface area (Å²) < 4.78 is 26.4. The van der Waals surface area contributed by atoms with E-state index in [1.54, 1.807) is 11.3 Å². The van der Waals surface area contributed by atoms with Crippen molar-refractivity contribution >= 4 is 17.2 Å². The zero-order chi connectivity index (χ0) is 14.7. The summed E-state index contributed by atoms with van der Waals surface area (Å²) >= 11 is 1.65. The number of nitrogens with zero attached hydrogens (tertiary/aromatic N) is 1. The number of amides is 1. The highest BCUT2D eigenvalue weighted by Gasteiger charge is 2.18. The first-order chi connectivity index (χ1) is 9.47. The molecule has 1 N–H and O–H groups in total. The van der Waals surface area contributed by atoms with Gasteiger partial charge in [0.2, 0.25) is 5.95 Å². The van der Waals surface area contributed by atoms with E-state index in [0.29, 0.717) is 6.42 Å². The van der Waals surface area contributed by atoms with E-state index in [9.17, 15) is 13.6 Å². The van der Waals surface area contributed by atoms with Crippen LogP contribution in [0.4, 0.5) is 8.78 Å². The molecule has 0 spiro atoms. The van der Waals surface area contributed by atoms with Gasteiger partial charge in [-0.3, -0.25) is 4.79 Å². The van der Waals surface area contributed by atoms with Crippen LogP contribution in [0.5, 0.6) is 0 Å². The highest BCUT2D eigenvalue weighted by molar-refractivity contribution is 7.11. The average Bonchev–Trinajstić information content (AvgIpc) is 2.77. The minimum atomic E-state index is -1.26. The number of hydrogen-bond donors (Lipinski definition) is 1. The van der Waals surface area contributed by atoms with E-state index in [1.165, 1.54) is 4.88 Å². The quantitative estimate of drug-likeness (QED) is 0.881. The number of thiophene rings is 1. The van der Waals surface area contributed by atoms with Crippen molar-refractivity contribution in [2.24, 2.45) is 0 Å². The largest absolute Gasteiger partial charge is 0.349 e. The number of pyridine rings is 1. The summed E-state index contributed by atoms with van der Waals surface area (Å²) in [5, 5.41) is 2.66. The number of aryl methyl sites for hydroxylation is 1. The molecule has 0 aliphatic heterocycles. The molecule has 0 fully saturated rings. The summed E-state index contributed by atoms with van der Waals surface area (Å²) in [6, 6.07) is 4.99. The van der Waals surface area contributed by atoms with Gasteiger partial charge < -0.3 is 5.32 Å². The second-order valence-electron chi connectivity index (χ2n) is 4.55. The molecule has 20 heavy (non-hydrogen) atoms. The Bertz CT molecular complexity index is 627. The summed E-state index contributed by atoms with van der Waals surface area (Å²) in [4.78, 5) is 17.4. The van der Waals surface area contributed by atoms with Gasteiger partial charge in [0.05, 0.1) is 5.56 Å². The van der Waals surface area contributed by atoms with Gasteiger partial charge in [-0.1, -0.05) is 0 Å². The van der Waals surface area contributed by atoms with Crippen molar-refractivity contribution in [3.05, 3.63) is 51.5 Å². The molecule has 2 aromatic heterocycles. The van der Waals surface area contributed by atoms with Gasteiger partial charge in [-0.2, -0.15) is 4.39 Å². The van der Waals surface area contributed by atoms with Crippen molar-refractivity contribution in [1.82, 2.24) is 10.3 Å². The third-order valence-corrected chi connectivity index (χ3v) is 3.80. The lowest BCUT2D eigenvalue weighted by Gasteiger charge is -2.13. The van der Waals surface area contributed by atoms with E-state index >= 15 is 0 Å². The molecule has 6 heteroatoms. The molecule has 0 aliphatic carbocycles. The van der Waals surface area contributed by atoms with E-state index in [4.69, 9.17) is 0 Å². The predicted molar refractivity (Wildman–Crippen MR) is 73.8 cm³/mol. The molecule has 3 nitrogen and oxygen atoms in total. The lowest BCUT2D eigenvalue weighted by Crippen LogP contribution is -2.34. The van der Waals surface area contributed by atoms with E-state index in [0.717, 1.165) is 17.1 Å². The molecule has 0 aromatic carbocycles. The maximum Gasteiger partial charge on any atom is 0.254 e. The molecule has 106 valence electrons. The fourth-order valence-electron chi connectivity index (χ4n) is 1.84. The van der Waals surface area contributed by atoms with E-state index in [2.05, 4.69) is 10.3 Å². The molecule has 0 saturated carbocycles. The van der Waals surface area contributed by atoms with Crippen LogP contribution in [0.3, 0.4) is 0 Å². The molecule has 2 aromatic rings. The third-order valence-electron chi connectivity index (χ3n) is 2.77. The van der Waals surface area contributed by atoms with Crippen LogP contribution in [-0.2, 0) is 6.42 Å². The van der Waals surface area contributed by atoms with Crippen molar-refractivity contribution in [1.29, 1.82) is 0 Å². The molecule has 1 atom stereocenters. The lowest BCUT2D eigenvalue weighted by atomic mass is 10.1. The smallest absolute Gasteiger partial charge is 0.254 e. The number of halogens is 2. The molecule has 1 unspecified atom stereocenters. The zero-order valence-corrected chi connectivity index (χ0v) is 11.9. The number of aromatic nitrogens is 1. The Hall–Kier alpha value is -1.82. The predicted octanol–water partition coefficient (Wildman–Crippen LogP) is 3.09. The summed E-state index contributed by atoms with van der Waals surface area (Å²) in [6.45, 7) is 3.83. The van der Waals surface area contributed by atoms with Gasteiger partial charge in [-0.25, -0.2) is 9.37 Å². The van der Waals surface area contributed by atoms with Crippen LogP contribution in [0, 0.1) is 18.7 Å². The highest BCUT2D eigenvalue weighted by atomic mass is 32.1. The lowest BCUT2D eigenvalue weighted by molar-refractivity contribution is 0.0934. The minimum Gasteiger partial charge on any atom is -0.349 e. The van der Waals surface area contributed by atoms with Gasteiger partial charge in [-0.15, -0.1) is 11.3 Å². The van der Waals surface area contributed by atoms with Crippen molar-refractivity contribution in [3.8, 4) is 0 Å². The van der Waals surface area contributed by atoms with E-state index in [1.807, 2.05) is 26.0 Å². The number of hydrogen-bond acceptors (Lipinski definition) is 3. The Morgan fingerprint density at radius 2 is 2.15 bits per heavy atom. The van der Waals surface area contributed by atoms with Crippen molar-refractivity contribution in [3.63, 3.8) is 0 Å². The first-order valence-corrected chi connectivity index (χ1v) is 6.95. The first kappa shape index (κ1) is 14.6. The van der Waals surface area contributed by atoms with Crippen LogP contribution in [0.1, 0.15) is 27.0 Å². The van der Waals surface area contributed by atoms with Gasteiger partial charge in [0.15, 0.2) is 5.82 Å². The fraction of sp³-hybridized carbons (Fsp3) is 0.286. The van der Waals surface area contributed by atoms with Crippen LogP contribution in [0.25, 0.3) is 0 Å². The summed E-state index contributed by atoms with van der Waals surface area (Å²) in [6.07, 6.45) is 1.72. The SMILES string of the molecule is Cc1ccc(CC(C)NC(=O)c2ccnc(F)c2F)s1. The van der Waals surface area contributed by atoms with Gasteiger partial charge in [0, 0.05) is 28.4 Å². The Labute approximate surface area is 119 Å². The summed E-state index contributed by atoms with van der Waals surface area (Å²) in [5.41, 5.74) is -0.327. The van der Waals surface area contributed by atoms with Crippen molar-refractivity contribution in [2.45, 2.75) is 26.3 Å². The molecule has 2 rings (SSSR count). The molecule has 0 bridgehead atoms. The maximum absolute atomic E-state index is 13.4. The monoisotopic (exact) mass is 296 g/mol. The number of carbonyl (C=O) groups excluding carboxylic acids is 1. The van der Waals surface area contributed by atoms with Crippen LogP contribution in [0.15, 0.2) is 24.4 Å². The number of rotatable bonds is 4. The summed E-state index contributed by atoms with van der Waals surface area (Å²) in [7, 11) is 0. The van der Waals surface area contributed by atoms with Gasteiger partial charge in [0.25, 0.3) is 5.91 Å². The average molecular weight is 296 g/mol. The molecule has 0 radical (unpaired) electrons. The standard InChI is InChI=1S/C14H14F2N2OS/c1-8(7-10-4-3-9(2)20-10)18-14(19)11-5-6-17-13(16)12(11)15/h3-6,8H,7H2,1-2H3,(H,18,19). The van der Waals surface area contributed by atoms with E-state index < -0.39 is 17.7 Å². The van der Waals surface area contributed by atoms with E-state index in [-0.39, 0.29) is 11.6 Å². The van der Waals surface area contributed by atoms with Crippen LogP contribution < -0.4 is 5.32 Å².